The van der Waals surface area contributed by atoms with Gasteiger partial charge in [0.1, 0.15) is 0 Å². The summed E-state index contributed by atoms with van der Waals surface area (Å²) in [4.78, 5) is 0. The van der Waals surface area contributed by atoms with Gasteiger partial charge < -0.3 is 0 Å². The summed E-state index contributed by atoms with van der Waals surface area (Å²) >= 11 is 0. The average Bonchev–Trinajstić information content (AvgIpc) is 2.49. The van der Waals surface area contributed by atoms with Crippen molar-refractivity contribution in [2.24, 2.45) is 58.7 Å². The lowest BCUT2D eigenvalue weighted by Crippen LogP contribution is -2.38. The summed E-state index contributed by atoms with van der Waals surface area (Å²) in [6, 6.07) is 0. The van der Waals surface area contributed by atoms with Gasteiger partial charge in [-0.1, -0.05) is 82.6 Å². The fourth-order valence-corrected chi connectivity index (χ4v) is 5.45. The summed E-state index contributed by atoms with van der Waals surface area (Å²) in [6.07, 6.45) is 5.75. The van der Waals surface area contributed by atoms with Gasteiger partial charge in [-0.3, -0.25) is 0 Å². The van der Waals surface area contributed by atoms with Crippen molar-refractivity contribution in [3.05, 3.63) is 0 Å². The van der Waals surface area contributed by atoms with Crippen LogP contribution in [0.25, 0.3) is 0 Å². The van der Waals surface area contributed by atoms with E-state index in [-0.39, 0.29) is 0 Å². The molecule has 0 nitrogen and oxygen atoms in total. The molecule has 0 radical (unpaired) electrons. The summed E-state index contributed by atoms with van der Waals surface area (Å²) in [5.74, 6) is 7.76. The second-order valence-electron chi connectivity index (χ2n) is 11.6. The fraction of sp³-hybridized carbons (Fsp3) is 1.00. The van der Waals surface area contributed by atoms with Gasteiger partial charge in [0, 0.05) is 0 Å². The van der Waals surface area contributed by atoms with Crippen molar-refractivity contribution < 1.29 is 0 Å². The maximum atomic E-state index is 2.59. The van der Waals surface area contributed by atoms with Crippen LogP contribution in [0, 0.1) is 58.7 Å². The Hall–Kier alpha value is 0. The van der Waals surface area contributed by atoms with Crippen molar-refractivity contribution in [2.75, 3.05) is 0 Å². The highest BCUT2D eigenvalue weighted by Crippen LogP contribution is 2.48. The first-order valence-corrected chi connectivity index (χ1v) is 11.4. The third-order valence-electron chi connectivity index (χ3n) is 8.30. The van der Waals surface area contributed by atoms with Crippen LogP contribution in [0.3, 0.4) is 0 Å². The predicted molar refractivity (Wildman–Crippen MR) is 115 cm³/mol. The van der Waals surface area contributed by atoms with Crippen molar-refractivity contribution in [3.8, 4) is 0 Å². The van der Waals surface area contributed by atoms with Gasteiger partial charge in [-0.05, 0) is 77.9 Å². The lowest BCUT2D eigenvalue weighted by molar-refractivity contribution is 0.0352. The van der Waals surface area contributed by atoms with Gasteiger partial charge in [-0.15, -0.1) is 0 Å². The minimum Gasteiger partial charge on any atom is -0.0625 e. The lowest BCUT2D eigenvalue weighted by Gasteiger charge is -2.46. The average molecular weight is 351 g/mol. The fourth-order valence-electron chi connectivity index (χ4n) is 5.45. The largest absolute Gasteiger partial charge is 0.0625 e. The summed E-state index contributed by atoms with van der Waals surface area (Å²) in [6.45, 7) is 27.3. The molecule has 0 N–H and O–H groups in total. The molecule has 150 valence electrons. The van der Waals surface area contributed by atoms with Crippen LogP contribution < -0.4 is 0 Å². The smallest absolute Gasteiger partial charge is 0.0354 e. The molecule has 1 aliphatic carbocycles. The van der Waals surface area contributed by atoms with Gasteiger partial charge in [-0.2, -0.15) is 0 Å². The van der Waals surface area contributed by atoms with Crippen LogP contribution in [0.15, 0.2) is 0 Å². The van der Waals surface area contributed by atoms with Crippen LogP contribution >= 0.6 is 0 Å². The second-order valence-corrected chi connectivity index (χ2v) is 11.6. The maximum absolute atomic E-state index is 2.59. The van der Waals surface area contributed by atoms with Crippen LogP contribution in [0.1, 0.15) is 102 Å². The molecule has 1 fully saturated rings. The molecule has 0 aromatic carbocycles. The van der Waals surface area contributed by atoms with Crippen LogP contribution in [-0.2, 0) is 0 Å². The van der Waals surface area contributed by atoms with Gasteiger partial charge in [0.05, 0.1) is 0 Å². The van der Waals surface area contributed by atoms with Crippen molar-refractivity contribution in [2.45, 2.75) is 102 Å². The zero-order valence-electron chi connectivity index (χ0n) is 19.5. The standard InChI is InChI=1S/C25H50/c1-16(2)19(6)14-23(17(3)4)20(7)21(8)24-15-22(25(9,10)11)13-12-18(24)5/h16-24H,12-15H2,1-11H3. The van der Waals surface area contributed by atoms with E-state index in [0.717, 1.165) is 53.3 Å². The normalized spacial score (nSPS) is 30.4. The highest BCUT2D eigenvalue weighted by molar-refractivity contribution is 4.89. The number of hydrogen-bond donors (Lipinski definition) is 0. The minimum absolute atomic E-state index is 0.477. The molecule has 0 aromatic rings. The Morgan fingerprint density at radius 2 is 1.40 bits per heavy atom. The second kappa shape index (κ2) is 9.27. The summed E-state index contributed by atoms with van der Waals surface area (Å²) in [5, 5.41) is 0. The Kier molecular flexibility index (Phi) is 8.55. The predicted octanol–water partition coefficient (Wildman–Crippen LogP) is 8.31. The molecular formula is C25H50. The van der Waals surface area contributed by atoms with Gasteiger partial charge in [-0.25, -0.2) is 0 Å². The quantitative estimate of drug-likeness (QED) is 0.433. The van der Waals surface area contributed by atoms with E-state index >= 15 is 0 Å². The van der Waals surface area contributed by atoms with Gasteiger partial charge in [0.25, 0.3) is 0 Å². The first-order valence-electron chi connectivity index (χ1n) is 11.4. The molecule has 1 aliphatic rings. The minimum atomic E-state index is 0.477. The Morgan fingerprint density at radius 1 is 0.840 bits per heavy atom. The van der Waals surface area contributed by atoms with Crippen molar-refractivity contribution in [1.82, 2.24) is 0 Å². The van der Waals surface area contributed by atoms with Gasteiger partial charge in [0.15, 0.2) is 0 Å². The molecular weight excluding hydrogens is 300 g/mol. The molecule has 0 heterocycles. The molecule has 0 bridgehead atoms. The van der Waals surface area contributed by atoms with E-state index in [2.05, 4.69) is 76.2 Å². The molecule has 7 atom stereocenters. The summed E-state index contributed by atoms with van der Waals surface area (Å²) in [5.41, 5.74) is 0.477. The van der Waals surface area contributed by atoms with E-state index in [0.29, 0.717) is 5.41 Å². The highest BCUT2D eigenvalue weighted by atomic mass is 14.4. The molecule has 0 aliphatic heterocycles. The SMILES string of the molecule is CC(C)C(C)CC(C(C)C)C(C)C(C)C1CC(C(C)(C)C)CCC1C. The third kappa shape index (κ3) is 6.28. The Bertz CT molecular complexity index is 372. The zero-order chi connectivity index (χ0) is 19.5. The monoisotopic (exact) mass is 350 g/mol. The maximum Gasteiger partial charge on any atom is -0.0354 e. The molecule has 0 spiro atoms. The lowest BCUT2D eigenvalue weighted by atomic mass is 9.59. The number of hydrogen-bond acceptors (Lipinski definition) is 0. The van der Waals surface area contributed by atoms with Crippen molar-refractivity contribution in [1.29, 1.82) is 0 Å². The Morgan fingerprint density at radius 3 is 1.84 bits per heavy atom. The van der Waals surface area contributed by atoms with Crippen molar-refractivity contribution >= 4 is 0 Å². The van der Waals surface area contributed by atoms with Crippen LogP contribution in [0.2, 0.25) is 0 Å². The molecule has 0 saturated heterocycles. The Balaban J connectivity index is 2.87. The van der Waals surface area contributed by atoms with Crippen LogP contribution in [-0.4, -0.2) is 0 Å². The molecule has 0 aromatic heterocycles. The molecule has 25 heavy (non-hydrogen) atoms. The van der Waals surface area contributed by atoms with Gasteiger partial charge >= 0.3 is 0 Å². The van der Waals surface area contributed by atoms with E-state index in [1.165, 1.54) is 25.7 Å². The van der Waals surface area contributed by atoms with Crippen LogP contribution in [0.5, 0.6) is 0 Å². The first-order chi connectivity index (χ1) is 11.4. The van der Waals surface area contributed by atoms with E-state index in [4.69, 9.17) is 0 Å². The Labute approximate surface area is 160 Å². The van der Waals surface area contributed by atoms with E-state index in [9.17, 15) is 0 Å². The van der Waals surface area contributed by atoms with Crippen LogP contribution in [0.4, 0.5) is 0 Å². The molecule has 0 amide bonds. The van der Waals surface area contributed by atoms with E-state index < -0.39 is 0 Å². The highest BCUT2D eigenvalue weighted by Gasteiger charge is 2.39. The van der Waals surface area contributed by atoms with Gasteiger partial charge in [0.2, 0.25) is 0 Å². The first kappa shape index (κ1) is 23.0. The molecule has 7 unspecified atom stereocenters. The summed E-state index contributed by atoms with van der Waals surface area (Å²) in [7, 11) is 0. The number of rotatable bonds is 7. The van der Waals surface area contributed by atoms with E-state index in [1.54, 1.807) is 0 Å². The van der Waals surface area contributed by atoms with E-state index in [1.807, 2.05) is 0 Å². The topological polar surface area (TPSA) is 0 Å². The molecule has 0 heteroatoms. The molecule has 1 saturated carbocycles. The van der Waals surface area contributed by atoms with Crippen molar-refractivity contribution in [3.63, 3.8) is 0 Å². The zero-order valence-corrected chi connectivity index (χ0v) is 19.5. The third-order valence-corrected chi connectivity index (χ3v) is 8.30. The summed E-state index contributed by atoms with van der Waals surface area (Å²) < 4.78 is 0. The molecule has 1 rings (SSSR count).